The summed E-state index contributed by atoms with van der Waals surface area (Å²) in [6.45, 7) is 0. The number of thiophene rings is 1. The summed E-state index contributed by atoms with van der Waals surface area (Å²) in [5.41, 5.74) is 0.900. The average molecular weight is 365 g/mol. The molecule has 0 saturated carbocycles. The molecule has 0 bridgehead atoms. The molecule has 0 amide bonds. The summed E-state index contributed by atoms with van der Waals surface area (Å²) in [6, 6.07) is 7.28. The third-order valence-corrected chi connectivity index (χ3v) is 8.49. The van der Waals surface area contributed by atoms with E-state index < -0.39 is 9.84 Å². The van der Waals surface area contributed by atoms with Gasteiger partial charge >= 0.3 is 0 Å². The highest BCUT2D eigenvalue weighted by molar-refractivity contribution is 8.00. The third-order valence-electron chi connectivity index (χ3n) is 3.10. The van der Waals surface area contributed by atoms with Crippen molar-refractivity contribution in [3.63, 3.8) is 0 Å². The van der Waals surface area contributed by atoms with Crippen molar-refractivity contribution in [3.05, 3.63) is 45.3 Å². The van der Waals surface area contributed by atoms with Crippen LogP contribution in [0.3, 0.4) is 0 Å². The Bertz CT molecular complexity index is 753. The van der Waals surface area contributed by atoms with Crippen LogP contribution < -0.4 is 0 Å². The number of sulfone groups is 1. The summed E-state index contributed by atoms with van der Waals surface area (Å²) in [6.07, 6.45) is 0.607. The second kappa shape index (κ2) is 5.54. The van der Waals surface area contributed by atoms with E-state index in [0.29, 0.717) is 20.7 Å². The quantitative estimate of drug-likeness (QED) is 0.746. The van der Waals surface area contributed by atoms with Crippen LogP contribution in [-0.4, -0.2) is 14.2 Å². The first-order valence-corrected chi connectivity index (χ1v) is 10.1. The lowest BCUT2D eigenvalue weighted by atomic mass is 10.2. The summed E-state index contributed by atoms with van der Waals surface area (Å²) in [4.78, 5) is 0.928. The third kappa shape index (κ3) is 2.74. The van der Waals surface area contributed by atoms with Crippen LogP contribution in [0.2, 0.25) is 10.0 Å². The molecular weight excluding hydrogens is 355 g/mol. The Labute approximate surface area is 136 Å². The molecule has 7 heteroatoms. The first-order valence-electron chi connectivity index (χ1n) is 5.89. The van der Waals surface area contributed by atoms with E-state index in [2.05, 4.69) is 0 Å². The molecule has 2 aromatic rings. The molecule has 1 unspecified atom stereocenters. The molecule has 106 valence electrons. The van der Waals surface area contributed by atoms with Crippen molar-refractivity contribution in [1.29, 1.82) is 0 Å². The second-order valence-electron chi connectivity index (χ2n) is 4.45. The molecule has 3 rings (SSSR count). The number of thioether (sulfide) groups is 1. The fourth-order valence-electron chi connectivity index (χ4n) is 2.15. The van der Waals surface area contributed by atoms with E-state index in [4.69, 9.17) is 23.2 Å². The molecule has 20 heavy (non-hydrogen) atoms. The van der Waals surface area contributed by atoms with Crippen molar-refractivity contribution in [2.45, 2.75) is 20.8 Å². The standard InChI is InChI=1S/C13H10Cl2O2S3/c14-8-1-2-12(10(15)7-8)19-11-4-6-20(16,17)13-9(11)3-5-18-13/h1-3,5,7,11H,4,6H2. The average Bonchev–Trinajstić information content (AvgIpc) is 2.86. The van der Waals surface area contributed by atoms with Crippen molar-refractivity contribution < 1.29 is 8.42 Å². The van der Waals surface area contributed by atoms with Crippen molar-refractivity contribution >= 4 is 56.1 Å². The SMILES string of the molecule is O=S1(=O)CCC(Sc2ccc(Cl)cc2Cl)c2ccsc21. The molecule has 0 radical (unpaired) electrons. The van der Waals surface area contributed by atoms with Gasteiger partial charge in [-0.15, -0.1) is 23.1 Å². The minimum absolute atomic E-state index is 0.124. The Kier molecular flexibility index (Phi) is 4.08. The first-order chi connectivity index (χ1) is 9.47. The molecule has 0 saturated heterocycles. The van der Waals surface area contributed by atoms with Crippen molar-refractivity contribution in [3.8, 4) is 0 Å². The van der Waals surface area contributed by atoms with Crippen molar-refractivity contribution in [2.24, 2.45) is 0 Å². The number of fused-ring (bicyclic) bond motifs is 1. The minimum atomic E-state index is -3.09. The largest absolute Gasteiger partial charge is 0.223 e. The van der Waals surface area contributed by atoms with E-state index in [1.165, 1.54) is 11.3 Å². The zero-order chi connectivity index (χ0) is 14.3. The molecule has 1 aromatic carbocycles. The molecule has 1 atom stereocenters. The van der Waals surface area contributed by atoms with E-state index in [-0.39, 0.29) is 11.0 Å². The van der Waals surface area contributed by atoms with Gasteiger partial charge in [0.25, 0.3) is 0 Å². The van der Waals surface area contributed by atoms with Gasteiger partial charge in [0.05, 0.1) is 10.8 Å². The number of rotatable bonds is 2. The monoisotopic (exact) mass is 364 g/mol. The molecular formula is C13H10Cl2O2S3. The fraction of sp³-hybridized carbons (Fsp3) is 0.231. The first kappa shape index (κ1) is 14.7. The van der Waals surface area contributed by atoms with Crippen LogP contribution in [0, 0.1) is 0 Å². The van der Waals surface area contributed by atoms with Gasteiger partial charge in [-0.25, -0.2) is 8.42 Å². The van der Waals surface area contributed by atoms with Crippen LogP contribution >= 0.6 is 46.3 Å². The van der Waals surface area contributed by atoms with E-state index in [1.54, 1.807) is 23.9 Å². The van der Waals surface area contributed by atoms with Crippen LogP contribution in [0.25, 0.3) is 0 Å². The van der Waals surface area contributed by atoms with Crippen LogP contribution in [0.1, 0.15) is 17.2 Å². The molecule has 0 N–H and O–H groups in total. The van der Waals surface area contributed by atoms with Gasteiger partial charge in [-0.3, -0.25) is 0 Å². The van der Waals surface area contributed by atoms with Gasteiger partial charge in [0.15, 0.2) is 9.84 Å². The minimum Gasteiger partial charge on any atom is -0.223 e. The Hall–Kier alpha value is -0.200. The van der Waals surface area contributed by atoms with Crippen LogP contribution in [0.4, 0.5) is 0 Å². The zero-order valence-electron chi connectivity index (χ0n) is 10.2. The van der Waals surface area contributed by atoms with E-state index in [0.717, 1.165) is 10.5 Å². The lowest BCUT2D eigenvalue weighted by molar-refractivity contribution is 0.588. The normalized spacial score (nSPS) is 20.6. The highest BCUT2D eigenvalue weighted by Crippen LogP contribution is 2.47. The lowest BCUT2D eigenvalue weighted by Gasteiger charge is -2.22. The number of hydrogen-bond acceptors (Lipinski definition) is 4. The molecule has 2 heterocycles. The summed E-state index contributed by atoms with van der Waals surface area (Å²) < 4.78 is 24.5. The smallest absolute Gasteiger partial charge is 0.188 e. The molecule has 0 aliphatic carbocycles. The van der Waals surface area contributed by atoms with Gasteiger partial charge in [0.1, 0.15) is 4.21 Å². The molecule has 2 nitrogen and oxygen atoms in total. The maximum Gasteiger partial charge on any atom is 0.188 e. The number of hydrogen-bond donors (Lipinski definition) is 0. The fourth-order valence-corrected chi connectivity index (χ4v) is 7.17. The Balaban J connectivity index is 1.94. The predicted octanol–water partition coefficient (Wildman–Crippen LogP) is 5.07. The molecule has 0 fully saturated rings. The van der Waals surface area contributed by atoms with Crippen molar-refractivity contribution in [2.75, 3.05) is 5.75 Å². The maximum absolute atomic E-state index is 12.0. The van der Waals surface area contributed by atoms with Gasteiger partial charge in [-0.1, -0.05) is 23.2 Å². The summed E-state index contributed by atoms with van der Waals surface area (Å²) in [5.74, 6) is 0.198. The zero-order valence-corrected chi connectivity index (χ0v) is 14.1. The Morgan fingerprint density at radius 2 is 2.05 bits per heavy atom. The summed E-state index contributed by atoms with van der Waals surface area (Å²) in [5, 5.41) is 3.16. The van der Waals surface area contributed by atoms with Crippen LogP contribution in [-0.2, 0) is 9.84 Å². The predicted molar refractivity (Wildman–Crippen MR) is 86.0 cm³/mol. The van der Waals surface area contributed by atoms with Gasteiger partial charge in [0.2, 0.25) is 0 Å². The lowest BCUT2D eigenvalue weighted by Crippen LogP contribution is -2.16. The van der Waals surface area contributed by atoms with Crippen LogP contribution in [0.15, 0.2) is 38.8 Å². The number of halogens is 2. The second-order valence-corrected chi connectivity index (χ2v) is 9.76. The van der Waals surface area contributed by atoms with E-state index >= 15 is 0 Å². The molecule has 1 aliphatic rings. The van der Waals surface area contributed by atoms with Crippen LogP contribution in [0.5, 0.6) is 0 Å². The summed E-state index contributed by atoms with van der Waals surface area (Å²) >= 11 is 15.0. The molecule has 1 aromatic heterocycles. The summed E-state index contributed by atoms with van der Waals surface area (Å²) in [7, 11) is -3.09. The Morgan fingerprint density at radius 1 is 1.25 bits per heavy atom. The van der Waals surface area contributed by atoms with E-state index in [1.807, 2.05) is 17.5 Å². The highest BCUT2D eigenvalue weighted by atomic mass is 35.5. The van der Waals surface area contributed by atoms with Gasteiger partial charge in [-0.2, -0.15) is 0 Å². The highest BCUT2D eigenvalue weighted by Gasteiger charge is 2.32. The molecule has 1 aliphatic heterocycles. The topological polar surface area (TPSA) is 34.1 Å². The Morgan fingerprint density at radius 3 is 2.80 bits per heavy atom. The van der Waals surface area contributed by atoms with Gasteiger partial charge < -0.3 is 0 Å². The van der Waals surface area contributed by atoms with E-state index in [9.17, 15) is 8.42 Å². The van der Waals surface area contributed by atoms with Gasteiger partial charge in [0, 0.05) is 15.2 Å². The van der Waals surface area contributed by atoms with Crippen molar-refractivity contribution in [1.82, 2.24) is 0 Å². The molecule has 0 spiro atoms. The maximum atomic E-state index is 12.0. The number of benzene rings is 1. The van der Waals surface area contributed by atoms with Gasteiger partial charge in [-0.05, 0) is 41.6 Å².